The van der Waals surface area contributed by atoms with Crippen molar-refractivity contribution in [3.63, 3.8) is 0 Å². The standard InChI is InChI=1S/C15H21NO2/c1-12-4-2-3-9-16(10-12)11-13-5-7-14(8-6-13)15(17)18/h5-8,12H,2-4,9-11H2,1H3,(H,17,18). The fourth-order valence-electron chi connectivity index (χ4n) is 2.61. The van der Waals surface area contributed by atoms with Crippen LogP contribution < -0.4 is 0 Å². The Morgan fingerprint density at radius 2 is 2.06 bits per heavy atom. The minimum atomic E-state index is -0.857. The van der Waals surface area contributed by atoms with E-state index in [4.69, 9.17) is 5.11 Å². The lowest BCUT2D eigenvalue weighted by molar-refractivity contribution is 0.0697. The quantitative estimate of drug-likeness (QED) is 0.892. The Kier molecular flexibility index (Phi) is 4.37. The third-order valence-corrected chi connectivity index (χ3v) is 3.60. The summed E-state index contributed by atoms with van der Waals surface area (Å²) in [5, 5.41) is 8.86. The largest absolute Gasteiger partial charge is 0.478 e. The number of benzene rings is 1. The zero-order valence-corrected chi connectivity index (χ0v) is 10.9. The number of hydrogen-bond donors (Lipinski definition) is 1. The SMILES string of the molecule is CC1CCCCN(Cc2ccc(C(=O)O)cc2)C1. The van der Waals surface area contributed by atoms with Gasteiger partial charge in [-0.2, -0.15) is 0 Å². The number of likely N-dealkylation sites (tertiary alicyclic amines) is 1. The van der Waals surface area contributed by atoms with Crippen LogP contribution in [0, 0.1) is 5.92 Å². The van der Waals surface area contributed by atoms with E-state index in [-0.39, 0.29) is 0 Å². The Morgan fingerprint density at radius 3 is 2.72 bits per heavy atom. The van der Waals surface area contributed by atoms with Crippen molar-refractivity contribution in [3.8, 4) is 0 Å². The van der Waals surface area contributed by atoms with E-state index < -0.39 is 5.97 Å². The molecule has 3 nitrogen and oxygen atoms in total. The van der Waals surface area contributed by atoms with Crippen molar-refractivity contribution in [2.24, 2.45) is 5.92 Å². The summed E-state index contributed by atoms with van der Waals surface area (Å²) in [5.41, 5.74) is 1.57. The number of carboxylic acids is 1. The van der Waals surface area contributed by atoms with Gasteiger partial charge in [-0.15, -0.1) is 0 Å². The van der Waals surface area contributed by atoms with E-state index in [9.17, 15) is 4.79 Å². The van der Waals surface area contributed by atoms with Gasteiger partial charge in [0.15, 0.2) is 0 Å². The molecule has 3 heteroatoms. The summed E-state index contributed by atoms with van der Waals surface area (Å²) in [6.07, 6.45) is 3.93. The van der Waals surface area contributed by atoms with Crippen molar-refractivity contribution < 1.29 is 9.90 Å². The minimum absolute atomic E-state index is 0.364. The molecule has 98 valence electrons. The van der Waals surface area contributed by atoms with Gasteiger partial charge in [-0.05, 0) is 43.0 Å². The van der Waals surface area contributed by atoms with Crippen LogP contribution in [-0.2, 0) is 6.54 Å². The lowest BCUT2D eigenvalue weighted by Gasteiger charge is -2.22. The average Bonchev–Trinajstić information content (AvgIpc) is 2.54. The van der Waals surface area contributed by atoms with Crippen LogP contribution in [0.1, 0.15) is 42.1 Å². The average molecular weight is 247 g/mol. The summed E-state index contributed by atoms with van der Waals surface area (Å²) in [6.45, 7) is 5.56. The van der Waals surface area contributed by atoms with Gasteiger partial charge in [0.1, 0.15) is 0 Å². The van der Waals surface area contributed by atoms with Crippen molar-refractivity contribution in [1.82, 2.24) is 4.90 Å². The van der Waals surface area contributed by atoms with Gasteiger partial charge in [-0.3, -0.25) is 4.90 Å². The first-order chi connectivity index (χ1) is 8.65. The molecule has 1 saturated heterocycles. The molecule has 1 aromatic carbocycles. The second kappa shape index (κ2) is 6.01. The number of nitrogens with zero attached hydrogens (tertiary/aromatic N) is 1. The highest BCUT2D eigenvalue weighted by Crippen LogP contribution is 2.18. The van der Waals surface area contributed by atoms with Gasteiger partial charge in [0.2, 0.25) is 0 Å². The number of aromatic carboxylic acids is 1. The van der Waals surface area contributed by atoms with Gasteiger partial charge < -0.3 is 5.11 Å². The maximum Gasteiger partial charge on any atom is 0.335 e. The molecule has 1 heterocycles. The molecule has 0 saturated carbocycles. The zero-order valence-electron chi connectivity index (χ0n) is 10.9. The van der Waals surface area contributed by atoms with Gasteiger partial charge in [0.25, 0.3) is 0 Å². The van der Waals surface area contributed by atoms with E-state index in [0.29, 0.717) is 5.56 Å². The molecule has 1 fully saturated rings. The molecule has 18 heavy (non-hydrogen) atoms. The normalized spacial score (nSPS) is 21.5. The van der Waals surface area contributed by atoms with Gasteiger partial charge >= 0.3 is 5.97 Å². The lowest BCUT2D eigenvalue weighted by Crippen LogP contribution is -2.27. The fourth-order valence-corrected chi connectivity index (χ4v) is 2.61. The molecule has 1 aromatic rings. The molecule has 0 spiro atoms. The molecule has 0 radical (unpaired) electrons. The first kappa shape index (κ1) is 13.1. The van der Waals surface area contributed by atoms with E-state index in [1.54, 1.807) is 12.1 Å². The molecule has 1 atom stereocenters. The van der Waals surface area contributed by atoms with Gasteiger partial charge in [-0.25, -0.2) is 4.79 Å². The molecule has 0 aliphatic carbocycles. The molecular weight excluding hydrogens is 226 g/mol. The van der Waals surface area contributed by atoms with Crippen molar-refractivity contribution in [2.45, 2.75) is 32.7 Å². The van der Waals surface area contributed by atoms with Crippen molar-refractivity contribution in [1.29, 1.82) is 0 Å². The Hall–Kier alpha value is -1.35. The lowest BCUT2D eigenvalue weighted by atomic mass is 10.1. The Labute approximate surface area is 108 Å². The Morgan fingerprint density at radius 1 is 1.33 bits per heavy atom. The van der Waals surface area contributed by atoms with Crippen LogP contribution in [0.3, 0.4) is 0 Å². The highest BCUT2D eigenvalue weighted by molar-refractivity contribution is 5.87. The third-order valence-electron chi connectivity index (χ3n) is 3.60. The zero-order chi connectivity index (χ0) is 13.0. The topological polar surface area (TPSA) is 40.5 Å². The maximum atomic E-state index is 10.8. The summed E-state index contributed by atoms with van der Waals surface area (Å²) in [5.74, 6) is -0.0873. The molecule has 1 N–H and O–H groups in total. The van der Waals surface area contributed by atoms with Crippen LogP contribution in [0.2, 0.25) is 0 Å². The Bertz CT molecular complexity index is 399. The molecule has 0 aromatic heterocycles. The first-order valence-corrected chi connectivity index (χ1v) is 6.70. The van der Waals surface area contributed by atoms with Gasteiger partial charge in [-0.1, -0.05) is 25.5 Å². The van der Waals surface area contributed by atoms with Crippen molar-refractivity contribution in [2.75, 3.05) is 13.1 Å². The van der Waals surface area contributed by atoms with Crippen molar-refractivity contribution in [3.05, 3.63) is 35.4 Å². The summed E-state index contributed by atoms with van der Waals surface area (Å²) in [7, 11) is 0. The molecular formula is C15H21NO2. The van der Waals surface area contributed by atoms with E-state index in [1.807, 2.05) is 12.1 Å². The minimum Gasteiger partial charge on any atom is -0.478 e. The van der Waals surface area contributed by atoms with Gasteiger partial charge in [0.05, 0.1) is 5.56 Å². The summed E-state index contributed by atoms with van der Waals surface area (Å²) in [4.78, 5) is 13.3. The summed E-state index contributed by atoms with van der Waals surface area (Å²) < 4.78 is 0. The Balaban J connectivity index is 1.97. The van der Waals surface area contributed by atoms with Gasteiger partial charge in [0, 0.05) is 13.1 Å². The number of carbonyl (C=O) groups is 1. The number of carboxylic acid groups (broad SMARTS) is 1. The summed E-state index contributed by atoms with van der Waals surface area (Å²) >= 11 is 0. The van der Waals surface area contributed by atoms with E-state index >= 15 is 0 Å². The fraction of sp³-hybridized carbons (Fsp3) is 0.533. The molecule has 1 aliphatic heterocycles. The van der Waals surface area contributed by atoms with E-state index in [0.717, 1.165) is 25.6 Å². The highest BCUT2D eigenvalue weighted by Gasteiger charge is 2.14. The van der Waals surface area contributed by atoms with Crippen LogP contribution in [0.4, 0.5) is 0 Å². The monoisotopic (exact) mass is 247 g/mol. The molecule has 0 amide bonds. The van der Waals surface area contributed by atoms with Crippen LogP contribution in [-0.4, -0.2) is 29.1 Å². The smallest absolute Gasteiger partial charge is 0.335 e. The summed E-state index contributed by atoms with van der Waals surface area (Å²) in [6, 6.07) is 7.25. The highest BCUT2D eigenvalue weighted by atomic mass is 16.4. The van der Waals surface area contributed by atoms with E-state index in [2.05, 4.69) is 11.8 Å². The molecule has 1 aliphatic rings. The van der Waals surface area contributed by atoms with Crippen LogP contribution in [0.15, 0.2) is 24.3 Å². The second-order valence-electron chi connectivity index (χ2n) is 5.34. The second-order valence-corrected chi connectivity index (χ2v) is 5.34. The first-order valence-electron chi connectivity index (χ1n) is 6.70. The number of rotatable bonds is 3. The predicted octanol–water partition coefficient (Wildman–Crippen LogP) is 3.01. The molecule has 1 unspecified atom stereocenters. The van der Waals surface area contributed by atoms with E-state index in [1.165, 1.54) is 24.8 Å². The molecule has 2 rings (SSSR count). The van der Waals surface area contributed by atoms with Crippen molar-refractivity contribution >= 4 is 5.97 Å². The van der Waals surface area contributed by atoms with Crippen LogP contribution in [0.5, 0.6) is 0 Å². The third kappa shape index (κ3) is 3.57. The van der Waals surface area contributed by atoms with Crippen LogP contribution >= 0.6 is 0 Å². The maximum absolute atomic E-state index is 10.8. The molecule has 0 bridgehead atoms. The predicted molar refractivity (Wildman–Crippen MR) is 71.7 cm³/mol. The number of hydrogen-bond acceptors (Lipinski definition) is 2. The van der Waals surface area contributed by atoms with Crippen LogP contribution in [0.25, 0.3) is 0 Å².